The number of urea groups is 2. The number of sulfonamides is 1. The number of aromatic carboxylic acids is 1. The number of amides is 8. The third-order valence-electron chi connectivity index (χ3n) is 10.6. The fraction of sp³-hybridized carbons (Fsp3) is 0.200. The summed E-state index contributed by atoms with van der Waals surface area (Å²) in [5.74, 6) is 7.63. The molecule has 2 fully saturated rings. The first kappa shape index (κ1) is 45.5. The molecular formula is C45H37N7O13S. The minimum Gasteiger partial charge on any atom is -0.497 e. The van der Waals surface area contributed by atoms with Crippen LogP contribution in [0.4, 0.5) is 9.59 Å². The Bertz CT molecular complexity index is 3010. The van der Waals surface area contributed by atoms with Crippen molar-refractivity contribution in [2.45, 2.75) is 24.2 Å². The molecule has 2 saturated heterocycles. The lowest BCUT2D eigenvalue weighted by molar-refractivity contribution is -0.123. The number of hydrogen-bond donors (Lipinski definition) is 6. The normalized spacial score (nSPS) is 19.1. The number of nitrogens with one attached hydrogen (secondary N) is 4. The average Bonchev–Trinajstić information content (AvgIpc) is 3.96. The van der Waals surface area contributed by atoms with E-state index in [0.29, 0.717) is 33.8 Å². The Hall–Kier alpha value is -8.53. The number of methoxy groups -OCH3 is 2. The van der Waals surface area contributed by atoms with Crippen molar-refractivity contribution in [1.29, 1.82) is 0 Å². The number of Topliss-reactive ketones (excluding diaryl/α,β-unsaturated/α-hetero) is 1. The quantitative estimate of drug-likeness (QED) is 0.0728. The number of carboxylic acid groups (broad SMARTS) is 1. The highest BCUT2D eigenvalue weighted by atomic mass is 32.2. The maximum Gasteiger partial charge on any atom is 0.335 e. The van der Waals surface area contributed by atoms with Gasteiger partial charge in [-0.25, -0.2) is 27.9 Å². The van der Waals surface area contributed by atoms with Crippen LogP contribution in [0.25, 0.3) is 0 Å². The largest absolute Gasteiger partial charge is 0.497 e. The van der Waals surface area contributed by atoms with Gasteiger partial charge in [0.25, 0.3) is 23.6 Å². The van der Waals surface area contributed by atoms with Gasteiger partial charge in [-0.05, 0) is 71.8 Å². The van der Waals surface area contributed by atoms with Crippen LogP contribution in [0.3, 0.4) is 0 Å². The zero-order valence-electron chi connectivity index (χ0n) is 34.8. The third-order valence-corrected chi connectivity index (χ3v) is 11.3. The van der Waals surface area contributed by atoms with E-state index >= 15 is 0 Å². The van der Waals surface area contributed by atoms with Gasteiger partial charge in [0.15, 0.2) is 5.78 Å². The molecule has 21 heteroatoms. The molecule has 8 amide bonds. The summed E-state index contributed by atoms with van der Waals surface area (Å²) in [7, 11) is -0.968. The molecule has 4 heterocycles. The molecule has 0 aromatic heterocycles. The molecule has 0 spiro atoms. The number of primary sulfonamides is 1. The van der Waals surface area contributed by atoms with Crippen molar-refractivity contribution in [3.63, 3.8) is 0 Å². The molecule has 0 aliphatic carbocycles. The highest BCUT2D eigenvalue weighted by Crippen LogP contribution is 2.30. The summed E-state index contributed by atoms with van der Waals surface area (Å²) in [6, 6.07) is 20.3. The van der Waals surface area contributed by atoms with Crippen LogP contribution in [0.15, 0.2) is 84.9 Å². The Kier molecular flexibility index (Phi) is 12.4. The van der Waals surface area contributed by atoms with Crippen molar-refractivity contribution < 1.29 is 61.4 Å². The van der Waals surface area contributed by atoms with Crippen molar-refractivity contribution in [2.75, 3.05) is 33.1 Å². The van der Waals surface area contributed by atoms with Gasteiger partial charge in [0, 0.05) is 40.9 Å². The number of nitrogens with two attached hydrogens (primary N) is 1. The lowest BCUT2D eigenvalue weighted by atomic mass is 9.98. The number of ketones is 1. The van der Waals surface area contributed by atoms with Crippen LogP contribution in [0.2, 0.25) is 0 Å². The van der Waals surface area contributed by atoms with Gasteiger partial charge in [-0.3, -0.25) is 34.6 Å². The van der Waals surface area contributed by atoms with E-state index in [0.717, 1.165) is 11.1 Å². The van der Waals surface area contributed by atoms with E-state index in [1.54, 1.807) is 36.4 Å². The molecule has 0 saturated carbocycles. The number of imide groups is 2. The van der Waals surface area contributed by atoms with Crippen molar-refractivity contribution in [3.05, 3.63) is 129 Å². The number of carboxylic acids is 1. The predicted octanol–water partition coefficient (Wildman–Crippen LogP) is 0.731. The second-order valence-corrected chi connectivity index (χ2v) is 16.8. The molecule has 4 aromatic carbocycles. The lowest BCUT2D eigenvalue weighted by Gasteiger charge is -2.26. The van der Waals surface area contributed by atoms with E-state index in [9.17, 15) is 46.8 Å². The Balaban J connectivity index is 0.000000198. The number of carbonyl (C=O) groups excluding carboxylic acids is 7. The highest BCUT2D eigenvalue weighted by molar-refractivity contribution is 7.89. The van der Waals surface area contributed by atoms with Crippen LogP contribution in [0.1, 0.15) is 63.7 Å². The Labute approximate surface area is 375 Å². The molecule has 20 nitrogen and oxygen atoms in total. The number of benzene rings is 4. The molecule has 336 valence electrons. The van der Waals surface area contributed by atoms with Crippen LogP contribution < -0.4 is 35.9 Å². The van der Waals surface area contributed by atoms with Crippen molar-refractivity contribution >= 4 is 57.5 Å². The standard InChI is InChI=1S/C23H20N4O7S.C22H17N3O6/c1-34-17-7-6-16-11-27(20(29)18(16)10-17)13-23(21(30)25-22(31)26-23)9-8-14-2-4-15(5-3-14)19(28)12-35(24,32)33;1-31-16-7-6-15-11-25(18(26)17(15)10-16)12-22(20(29)23-21(30)24-22)9-8-13-2-4-14(5-3-13)19(27)28/h2-7,10H,11-13H2,1H3,(H2,24,32,33)(H2,25,26,30,31);2-7,10H,11-12H2,1H3,(H,27,28)(H2,23,24,29,30)/t23-;22-/m11/s1. The molecule has 2 atom stereocenters. The first-order valence-corrected chi connectivity index (χ1v) is 21.3. The second-order valence-electron chi connectivity index (χ2n) is 15.2. The average molecular weight is 916 g/mol. The first-order chi connectivity index (χ1) is 31.3. The molecule has 0 bridgehead atoms. The fourth-order valence-electron chi connectivity index (χ4n) is 7.28. The van der Waals surface area contributed by atoms with Crippen LogP contribution in [-0.4, -0.2) is 115 Å². The second kappa shape index (κ2) is 17.9. The van der Waals surface area contributed by atoms with Crippen LogP contribution in [0.5, 0.6) is 11.5 Å². The molecule has 7 N–H and O–H groups in total. The fourth-order valence-corrected chi connectivity index (χ4v) is 7.82. The van der Waals surface area contributed by atoms with E-state index in [2.05, 4.69) is 44.9 Å². The maximum atomic E-state index is 13.0. The summed E-state index contributed by atoms with van der Waals surface area (Å²) in [4.78, 5) is 101. The summed E-state index contributed by atoms with van der Waals surface area (Å²) in [6.45, 7) is 0.141. The number of fused-ring (bicyclic) bond motifs is 2. The Morgan fingerprint density at radius 2 is 1.08 bits per heavy atom. The molecule has 8 rings (SSSR count). The third kappa shape index (κ3) is 9.67. The van der Waals surface area contributed by atoms with Crippen molar-refractivity contribution in [1.82, 2.24) is 31.1 Å². The molecular weight excluding hydrogens is 879 g/mol. The zero-order chi connectivity index (χ0) is 47.6. The van der Waals surface area contributed by atoms with E-state index in [4.69, 9.17) is 19.7 Å². The summed E-state index contributed by atoms with van der Waals surface area (Å²) in [5.41, 5.74) is 0.195. The number of carbonyl (C=O) groups is 8. The molecule has 0 unspecified atom stereocenters. The first-order valence-electron chi connectivity index (χ1n) is 19.5. The Morgan fingerprint density at radius 1 is 0.667 bits per heavy atom. The summed E-state index contributed by atoms with van der Waals surface area (Å²) < 4.78 is 32.6. The smallest absolute Gasteiger partial charge is 0.335 e. The van der Waals surface area contributed by atoms with E-state index in [1.165, 1.54) is 72.6 Å². The molecule has 0 radical (unpaired) electrons. The van der Waals surface area contributed by atoms with E-state index in [-0.39, 0.29) is 49.1 Å². The van der Waals surface area contributed by atoms with Gasteiger partial charge < -0.3 is 35.0 Å². The van der Waals surface area contributed by atoms with Crippen LogP contribution in [0, 0.1) is 23.7 Å². The van der Waals surface area contributed by atoms with Crippen LogP contribution >= 0.6 is 0 Å². The predicted molar refractivity (Wildman–Crippen MR) is 230 cm³/mol. The summed E-state index contributed by atoms with van der Waals surface area (Å²) in [5, 5.41) is 23.3. The zero-order valence-corrected chi connectivity index (χ0v) is 35.7. The minimum atomic E-state index is -3.96. The van der Waals surface area contributed by atoms with Gasteiger partial charge in [0.2, 0.25) is 21.1 Å². The van der Waals surface area contributed by atoms with E-state index in [1.807, 2.05) is 0 Å². The van der Waals surface area contributed by atoms with Gasteiger partial charge >= 0.3 is 18.0 Å². The molecule has 66 heavy (non-hydrogen) atoms. The van der Waals surface area contributed by atoms with Gasteiger partial charge in [-0.2, -0.15) is 0 Å². The number of nitrogens with zero attached hydrogens (tertiary/aromatic N) is 2. The van der Waals surface area contributed by atoms with Gasteiger partial charge in [0.05, 0.1) is 32.9 Å². The van der Waals surface area contributed by atoms with Gasteiger partial charge in [-0.15, -0.1) is 0 Å². The molecule has 4 aliphatic heterocycles. The number of rotatable bonds is 10. The minimum absolute atomic E-state index is 0.100. The summed E-state index contributed by atoms with van der Waals surface area (Å²) >= 11 is 0. The Morgan fingerprint density at radius 3 is 1.42 bits per heavy atom. The van der Waals surface area contributed by atoms with Gasteiger partial charge in [-0.1, -0.05) is 47.9 Å². The van der Waals surface area contributed by atoms with E-state index < -0.39 is 62.5 Å². The van der Waals surface area contributed by atoms with Crippen molar-refractivity contribution in [2.24, 2.45) is 5.14 Å². The monoisotopic (exact) mass is 915 g/mol. The molecule has 4 aliphatic rings. The van der Waals surface area contributed by atoms with Crippen LogP contribution in [-0.2, 0) is 32.7 Å². The SMILES string of the molecule is COc1ccc2c(c1)C(=O)N(C[C@@]1(C#Cc3ccc(C(=O)CS(N)(=O)=O)cc3)NC(=O)NC1=O)C2.COc1ccc2c(c1)C(=O)N(C[C@@]1(C#Cc3ccc(C(=O)O)cc3)NC(=O)NC1=O)C2. The highest BCUT2D eigenvalue weighted by Gasteiger charge is 2.49. The maximum absolute atomic E-state index is 13.0. The van der Waals surface area contributed by atoms with Crippen molar-refractivity contribution in [3.8, 4) is 35.2 Å². The molecule has 4 aromatic rings. The lowest BCUT2D eigenvalue weighted by Crippen LogP contribution is -2.54. The summed E-state index contributed by atoms with van der Waals surface area (Å²) in [6.07, 6.45) is 0. The number of hydrogen-bond acceptors (Lipinski definition) is 12. The van der Waals surface area contributed by atoms with Gasteiger partial charge in [0.1, 0.15) is 17.3 Å². The topological polar surface area (TPSA) is 290 Å². The number of ether oxygens (including phenoxy) is 2.